The second-order valence-electron chi connectivity index (χ2n) is 5.11. The molecule has 1 fully saturated rings. The van der Waals surface area contributed by atoms with Gasteiger partial charge in [-0.15, -0.1) is 5.10 Å². The van der Waals surface area contributed by atoms with E-state index in [-0.39, 0.29) is 11.6 Å². The van der Waals surface area contributed by atoms with Crippen molar-refractivity contribution in [2.75, 3.05) is 20.3 Å². The molecule has 0 spiro atoms. The van der Waals surface area contributed by atoms with Crippen LogP contribution in [0.1, 0.15) is 6.42 Å². The smallest absolute Gasteiger partial charge is 0.277 e. The van der Waals surface area contributed by atoms with Gasteiger partial charge in [-0.3, -0.25) is 4.79 Å². The molecule has 20 heavy (non-hydrogen) atoms. The molecule has 0 bridgehead atoms. The number of nitrogens with zero attached hydrogens (tertiary/aromatic N) is 3. The Morgan fingerprint density at radius 2 is 2.35 bits per heavy atom. The lowest BCUT2D eigenvalue weighted by Gasteiger charge is -2.21. The van der Waals surface area contributed by atoms with Crippen LogP contribution >= 0.6 is 0 Å². The summed E-state index contributed by atoms with van der Waals surface area (Å²) in [4.78, 5) is 12.4. The van der Waals surface area contributed by atoms with Crippen molar-refractivity contribution < 1.29 is 4.74 Å². The normalized spacial score (nSPS) is 20.4. The number of hydrogen-bond donors (Lipinski definition) is 1. The number of hydrogen-bond acceptors (Lipinski definition) is 5. The van der Waals surface area contributed by atoms with E-state index in [0.717, 1.165) is 19.6 Å². The van der Waals surface area contributed by atoms with Crippen LogP contribution in [0.2, 0.25) is 0 Å². The predicted octanol–water partition coefficient (Wildman–Crippen LogP) is 0.416. The molecule has 0 aliphatic carbocycles. The minimum Gasteiger partial charge on any atom is -0.381 e. The summed E-state index contributed by atoms with van der Waals surface area (Å²) in [5.74, 6) is 0.417. The van der Waals surface area contributed by atoms with Gasteiger partial charge in [-0.25, -0.2) is 4.68 Å². The zero-order valence-electron chi connectivity index (χ0n) is 11.5. The summed E-state index contributed by atoms with van der Waals surface area (Å²) < 4.78 is 6.86. The highest BCUT2D eigenvalue weighted by Crippen LogP contribution is 2.17. The van der Waals surface area contributed by atoms with E-state index in [1.54, 1.807) is 12.1 Å². The van der Waals surface area contributed by atoms with Crippen LogP contribution in [0.4, 0.5) is 0 Å². The quantitative estimate of drug-likeness (QED) is 0.875. The molecule has 1 saturated heterocycles. The first-order valence-corrected chi connectivity index (χ1v) is 6.87. The van der Waals surface area contributed by atoms with Crippen molar-refractivity contribution in [1.82, 2.24) is 20.3 Å². The number of ether oxygens (including phenoxy) is 1. The topological polar surface area (TPSA) is 69.0 Å². The summed E-state index contributed by atoms with van der Waals surface area (Å²) in [5.41, 5.74) is 0.550. The van der Waals surface area contributed by atoms with Crippen LogP contribution < -0.4 is 10.9 Å². The maximum Gasteiger partial charge on any atom is 0.277 e. The van der Waals surface area contributed by atoms with Crippen LogP contribution in [0.15, 0.2) is 29.1 Å². The van der Waals surface area contributed by atoms with Crippen LogP contribution in [0.5, 0.6) is 0 Å². The van der Waals surface area contributed by atoms with Gasteiger partial charge in [0, 0.05) is 18.6 Å². The van der Waals surface area contributed by atoms with Gasteiger partial charge in [0.05, 0.1) is 18.5 Å². The van der Waals surface area contributed by atoms with E-state index in [0.29, 0.717) is 23.4 Å². The van der Waals surface area contributed by atoms with E-state index in [1.807, 2.05) is 19.2 Å². The Balaban J connectivity index is 1.90. The van der Waals surface area contributed by atoms with Gasteiger partial charge < -0.3 is 10.1 Å². The highest BCUT2D eigenvalue weighted by Gasteiger charge is 2.25. The van der Waals surface area contributed by atoms with Gasteiger partial charge in [0.2, 0.25) is 0 Å². The molecule has 1 aliphatic heterocycles. The third-order valence-electron chi connectivity index (χ3n) is 3.90. The number of fused-ring (bicyclic) bond motifs is 1. The van der Waals surface area contributed by atoms with E-state index in [1.165, 1.54) is 4.68 Å². The molecule has 1 aromatic carbocycles. The summed E-state index contributed by atoms with van der Waals surface area (Å²) in [6.07, 6.45) is 1.02. The van der Waals surface area contributed by atoms with Crippen molar-refractivity contribution in [1.29, 1.82) is 0 Å². The van der Waals surface area contributed by atoms with E-state index in [2.05, 4.69) is 15.6 Å². The second-order valence-corrected chi connectivity index (χ2v) is 5.11. The average Bonchev–Trinajstić information content (AvgIpc) is 3.01. The fourth-order valence-corrected chi connectivity index (χ4v) is 2.68. The van der Waals surface area contributed by atoms with Gasteiger partial charge in [-0.1, -0.05) is 17.3 Å². The van der Waals surface area contributed by atoms with Crippen molar-refractivity contribution in [3.8, 4) is 0 Å². The molecule has 1 aliphatic rings. The second kappa shape index (κ2) is 5.68. The molecule has 3 rings (SSSR count). The highest BCUT2D eigenvalue weighted by molar-refractivity contribution is 5.76. The molecule has 2 heterocycles. The number of benzene rings is 1. The minimum atomic E-state index is -0.0882. The molecule has 0 saturated carbocycles. The number of nitrogens with one attached hydrogen (secondary N) is 1. The monoisotopic (exact) mass is 274 g/mol. The molecule has 0 amide bonds. The predicted molar refractivity (Wildman–Crippen MR) is 75.6 cm³/mol. The van der Waals surface area contributed by atoms with Crippen molar-refractivity contribution in [2.45, 2.75) is 19.0 Å². The highest BCUT2D eigenvalue weighted by atomic mass is 16.5. The standard InChI is InChI=1S/C14H18N4O2/c1-15-13(10-6-7-20-9-10)8-18-14(19)11-4-2-3-5-12(11)16-17-18/h2-5,10,13,15H,6-9H2,1H3. The lowest BCUT2D eigenvalue weighted by atomic mass is 9.99. The zero-order valence-corrected chi connectivity index (χ0v) is 11.5. The first-order chi connectivity index (χ1) is 9.79. The fraction of sp³-hybridized carbons (Fsp3) is 0.500. The van der Waals surface area contributed by atoms with Crippen molar-refractivity contribution in [2.24, 2.45) is 5.92 Å². The van der Waals surface area contributed by atoms with E-state index < -0.39 is 0 Å². The molecule has 2 unspecified atom stereocenters. The van der Waals surface area contributed by atoms with E-state index >= 15 is 0 Å². The number of aromatic nitrogens is 3. The average molecular weight is 274 g/mol. The molecular formula is C14H18N4O2. The van der Waals surface area contributed by atoms with Gasteiger partial charge in [-0.2, -0.15) is 0 Å². The Bertz CT molecular complexity index is 649. The Labute approximate surface area is 116 Å². The van der Waals surface area contributed by atoms with Gasteiger partial charge >= 0.3 is 0 Å². The molecule has 2 aromatic rings. The Kier molecular flexibility index (Phi) is 3.75. The molecule has 0 radical (unpaired) electrons. The van der Waals surface area contributed by atoms with Gasteiger partial charge in [0.1, 0.15) is 5.52 Å². The molecule has 1 aromatic heterocycles. The SMILES string of the molecule is CNC(Cn1nnc2ccccc2c1=O)C1CCOC1. The van der Waals surface area contributed by atoms with Gasteiger partial charge in [-0.05, 0) is 25.6 Å². The maximum atomic E-state index is 12.4. The molecule has 6 heteroatoms. The minimum absolute atomic E-state index is 0.0882. The van der Waals surface area contributed by atoms with Crippen LogP contribution in [0, 0.1) is 5.92 Å². The molecule has 2 atom stereocenters. The van der Waals surface area contributed by atoms with Gasteiger partial charge in [0.25, 0.3) is 5.56 Å². The van der Waals surface area contributed by atoms with Crippen LogP contribution in [-0.4, -0.2) is 41.3 Å². The number of likely N-dealkylation sites (N-methyl/N-ethyl adjacent to an activating group) is 1. The van der Waals surface area contributed by atoms with Crippen LogP contribution in [0.3, 0.4) is 0 Å². The van der Waals surface area contributed by atoms with Crippen molar-refractivity contribution >= 4 is 10.9 Å². The zero-order chi connectivity index (χ0) is 13.9. The Morgan fingerprint density at radius 3 is 3.10 bits per heavy atom. The third-order valence-corrected chi connectivity index (χ3v) is 3.90. The molecule has 106 valence electrons. The summed E-state index contributed by atoms with van der Waals surface area (Å²) in [5, 5.41) is 12.0. The largest absolute Gasteiger partial charge is 0.381 e. The molecule has 1 N–H and O–H groups in total. The Morgan fingerprint density at radius 1 is 1.50 bits per heavy atom. The summed E-state index contributed by atoms with van der Waals surface area (Å²) in [7, 11) is 1.91. The Hall–Kier alpha value is -1.79. The number of rotatable bonds is 4. The van der Waals surface area contributed by atoms with Gasteiger partial charge in [0.15, 0.2) is 0 Å². The van der Waals surface area contributed by atoms with Crippen molar-refractivity contribution in [3.05, 3.63) is 34.6 Å². The van der Waals surface area contributed by atoms with E-state index in [4.69, 9.17) is 4.74 Å². The van der Waals surface area contributed by atoms with E-state index in [9.17, 15) is 4.79 Å². The summed E-state index contributed by atoms with van der Waals surface area (Å²) >= 11 is 0. The van der Waals surface area contributed by atoms with Crippen LogP contribution in [-0.2, 0) is 11.3 Å². The summed E-state index contributed by atoms with van der Waals surface area (Å²) in [6.45, 7) is 2.05. The molecular weight excluding hydrogens is 256 g/mol. The third kappa shape index (κ3) is 2.44. The summed E-state index contributed by atoms with van der Waals surface area (Å²) in [6, 6.07) is 7.46. The molecule has 6 nitrogen and oxygen atoms in total. The maximum absolute atomic E-state index is 12.4. The fourth-order valence-electron chi connectivity index (χ4n) is 2.68. The van der Waals surface area contributed by atoms with Crippen LogP contribution in [0.25, 0.3) is 10.9 Å². The lowest BCUT2D eigenvalue weighted by Crippen LogP contribution is -2.41. The van der Waals surface area contributed by atoms with Crippen molar-refractivity contribution in [3.63, 3.8) is 0 Å². The lowest BCUT2D eigenvalue weighted by molar-refractivity contribution is 0.173. The first-order valence-electron chi connectivity index (χ1n) is 6.87. The first kappa shape index (κ1) is 13.2.